The molecule has 3 aromatic rings. The van der Waals surface area contributed by atoms with Gasteiger partial charge in [0, 0.05) is 15.6 Å². The summed E-state index contributed by atoms with van der Waals surface area (Å²) in [4.78, 5) is 17.7. The van der Waals surface area contributed by atoms with E-state index in [1.165, 1.54) is 23.9 Å². The van der Waals surface area contributed by atoms with Crippen LogP contribution in [0.15, 0.2) is 75.2 Å². The van der Waals surface area contributed by atoms with E-state index in [2.05, 4.69) is 26.2 Å². The number of carbonyl (C=O) groups excluding carboxylic acids is 1. The van der Waals surface area contributed by atoms with Crippen LogP contribution in [-0.2, 0) is 0 Å². The van der Waals surface area contributed by atoms with Gasteiger partial charge in [-0.3, -0.25) is 4.79 Å². The Morgan fingerprint density at radius 1 is 1.16 bits per heavy atom. The van der Waals surface area contributed by atoms with Gasteiger partial charge in [-0.05, 0) is 58.4 Å². The van der Waals surface area contributed by atoms with E-state index in [-0.39, 0.29) is 10.9 Å². The van der Waals surface area contributed by atoms with Crippen LogP contribution in [0.5, 0.6) is 0 Å². The first kappa shape index (κ1) is 17.9. The van der Waals surface area contributed by atoms with Crippen molar-refractivity contribution in [2.24, 2.45) is 0 Å². The minimum absolute atomic E-state index is 0.146. The highest BCUT2D eigenvalue weighted by molar-refractivity contribution is 9.10. The fourth-order valence-electron chi connectivity index (χ4n) is 2.06. The third kappa shape index (κ3) is 4.60. The number of pyridine rings is 1. The van der Waals surface area contributed by atoms with Gasteiger partial charge >= 0.3 is 0 Å². The molecule has 0 saturated heterocycles. The van der Waals surface area contributed by atoms with E-state index in [1.807, 2.05) is 24.3 Å². The van der Waals surface area contributed by atoms with E-state index in [0.29, 0.717) is 11.3 Å². The second kappa shape index (κ2) is 7.99. The van der Waals surface area contributed by atoms with Gasteiger partial charge in [0.05, 0.1) is 16.3 Å². The zero-order valence-corrected chi connectivity index (χ0v) is 15.8. The molecular formula is C18H11BrClFN2OS. The van der Waals surface area contributed by atoms with Crippen LogP contribution in [0, 0.1) is 5.82 Å². The molecule has 1 N–H and O–H groups in total. The summed E-state index contributed by atoms with van der Waals surface area (Å²) in [7, 11) is 0. The smallest absolute Gasteiger partial charge is 0.256 e. The Morgan fingerprint density at radius 2 is 1.96 bits per heavy atom. The second-order valence-electron chi connectivity index (χ2n) is 4.99. The number of amides is 1. The van der Waals surface area contributed by atoms with Crippen molar-refractivity contribution in [3.63, 3.8) is 0 Å². The molecule has 0 bridgehead atoms. The first-order valence-corrected chi connectivity index (χ1v) is 9.16. The summed E-state index contributed by atoms with van der Waals surface area (Å²) in [5, 5.41) is 3.62. The number of carbonyl (C=O) groups is 1. The summed E-state index contributed by atoms with van der Waals surface area (Å²) in [5.74, 6) is -0.783. The predicted molar refractivity (Wildman–Crippen MR) is 102 cm³/mol. The maximum absolute atomic E-state index is 13.1. The fraction of sp³-hybridized carbons (Fsp3) is 0. The van der Waals surface area contributed by atoms with Crippen molar-refractivity contribution in [3.05, 3.63) is 81.7 Å². The molecule has 0 radical (unpaired) electrons. The minimum atomic E-state index is -0.458. The van der Waals surface area contributed by atoms with Crippen LogP contribution in [0.25, 0.3) is 0 Å². The molecule has 1 heterocycles. The van der Waals surface area contributed by atoms with Crippen molar-refractivity contribution < 1.29 is 9.18 Å². The Bertz CT molecular complexity index is 921. The molecule has 0 spiro atoms. The number of benzene rings is 2. The van der Waals surface area contributed by atoms with Gasteiger partial charge in [-0.25, -0.2) is 9.37 Å². The molecule has 2 aromatic carbocycles. The molecule has 3 nitrogen and oxygen atoms in total. The summed E-state index contributed by atoms with van der Waals surface area (Å²) in [6.07, 6.45) is 1.70. The van der Waals surface area contributed by atoms with Gasteiger partial charge in [0.15, 0.2) is 0 Å². The lowest BCUT2D eigenvalue weighted by molar-refractivity contribution is 0.102. The molecular weight excluding hydrogens is 427 g/mol. The standard InChI is InChI=1S/C18H11BrClFN2OS/c19-11-5-8-17(22-10-11)25-16-4-2-1-3-13(16)18(24)23-15-7-6-12(21)9-14(15)20/h1-10H,(H,23,24). The zero-order valence-electron chi connectivity index (χ0n) is 12.7. The molecule has 7 heteroatoms. The summed E-state index contributed by atoms with van der Waals surface area (Å²) in [6.45, 7) is 0. The monoisotopic (exact) mass is 436 g/mol. The van der Waals surface area contributed by atoms with E-state index in [1.54, 1.807) is 18.3 Å². The molecule has 0 atom stereocenters. The molecule has 0 fully saturated rings. The third-order valence-corrected chi connectivity index (χ3v) is 5.03. The third-order valence-electron chi connectivity index (χ3n) is 3.23. The molecule has 0 aliphatic rings. The number of rotatable bonds is 4. The van der Waals surface area contributed by atoms with Crippen molar-refractivity contribution >= 4 is 50.9 Å². The van der Waals surface area contributed by atoms with Crippen LogP contribution >= 0.6 is 39.3 Å². The lowest BCUT2D eigenvalue weighted by Gasteiger charge is -2.11. The molecule has 1 aromatic heterocycles. The Labute approximate surface area is 161 Å². The topological polar surface area (TPSA) is 42.0 Å². The van der Waals surface area contributed by atoms with E-state index in [9.17, 15) is 9.18 Å². The van der Waals surface area contributed by atoms with Gasteiger partial charge in [0.1, 0.15) is 10.8 Å². The van der Waals surface area contributed by atoms with Gasteiger partial charge in [-0.1, -0.05) is 35.5 Å². The van der Waals surface area contributed by atoms with Crippen LogP contribution in [0.3, 0.4) is 0 Å². The lowest BCUT2D eigenvalue weighted by atomic mass is 10.2. The molecule has 25 heavy (non-hydrogen) atoms. The number of hydrogen-bond donors (Lipinski definition) is 1. The molecule has 0 aliphatic carbocycles. The van der Waals surface area contributed by atoms with Crippen molar-refractivity contribution in [1.29, 1.82) is 0 Å². The first-order chi connectivity index (χ1) is 12.0. The van der Waals surface area contributed by atoms with E-state index >= 15 is 0 Å². The SMILES string of the molecule is O=C(Nc1ccc(F)cc1Cl)c1ccccc1Sc1ccc(Br)cn1. The van der Waals surface area contributed by atoms with Gasteiger partial charge in [-0.2, -0.15) is 0 Å². The molecule has 0 unspecified atom stereocenters. The van der Waals surface area contributed by atoms with E-state index < -0.39 is 5.82 Å². The summed E-state index contributed by atoms with van der Waals surface area (Å²) < 4.78 is 14.0. The van der Waals surface area contributed by atoms with Crippen LogP contribution < -0.4 is 5.32 Å². The van der Waals surface area contributed by atoms with Crippen LogP contribution in [0.1, 0.15) is 10.4 Å². The van der Waals surface area contributed by atoms with Crippen molar-refractivity contribution in [1.82, 2.24) is 4.98 Å². The fourth-order valence-corrected chi connectivity index (χ4v) is 3.39. The molecule has 0 saturated carbocycles. The average Bonchev–Trinajstić information content (AvgIpc) is 2.60. The molecule has 0 aliphatic heterocycles. The highest BCUT2D eigenvalue weighted by Crippen LogP contribution is 2.31. The minimum Gasteiger partial charge on any atom is -0.321 e. The first-order valence-electron chi connectivity index (χ1n) is 7.18. The summed E-state index contributed by atoms with van der Waals surface area (Å²) >= 11 is 10.7. The van der Waals surface area contributed by atoms with Crippen LogP contribution in [0.2, 0.25) is 5.02 Å². The molecule has 3 rings (SSSR count). The predicted octanol–water partition coefficient (Wildman–Crippen LogP) is 6.04. The Balaban J connectivity index is 1.84. The second-order valence-corrected chi connectivity index (χ2v) is 7.38. The summed E-state index contributed by atoms with van der Waals surface area (Å²) in [5.41, 5.74) is 0.840. The van der Waals surface area contributed by atoms with Gasteiger partial charge in [-0.15, -0.1) is 0 Å². The average molecular weight is 438 g/mol. The van der Waals surface area contributed by atoms with Crippen molar-refractivity contribution in [2.75, 3.05) is 5.32 Å². The number of nitrogens with zero attached hydrogens (tertiary/aromatic N) is 1. The highest BCUT2D eigenvalue weighted by atomic mass is 79.9. The number of hydrogen-bond acceptors (Lipinski definition) is 3. The lowest BCUT2D eigenvalue weighted by Crippen LogP contribution is -2.13. The Hall–Kier alpha value is -1.89. The van der Waals surface area contributed by atoms with Crippen molar-refractivity contribution in [2.45, 2.75) is 9.92 Å². The number of nitrogens with one attached hydrogen (secondary N) is 1. The maximum atomic E-state index is 13.1. The number of aromatic nitrogens is 1. The molecule has 1 amide bonds. The van der Waals surface area contributed by atoms with Gasteiger partial charge < -0.3 is 5.32 Å². The number of halogens is 3. The molecule has 126 valence electrons. The zero-order chi connectivity index (χ0) is 17.8. The van der Waals surface area contributed by atoms with Crippen LogP contribution in [0.4, 0.5) is 10.1 Å². The Kier molecular flexibility index (Phi) is 5.73. The normalized spacial score (nSPS) is 10.5. The Morgan fingerprint density at radius 3 is 2.68 bits per heavy atom. The van der Waals surface area contributed by atoms with Gasteiger partial charge in [0.2, 0.25) is 0 Å². The van der Waals surface area contributed by atoms with Gasteiger partial charge in [0.25, 0.3) is 5.91 Å². The van der Waals surface area contributed by atoms with E-state index in [4.69, 9.17) is 11.6 Å². The maximum Gasteiger partial charge on any atom is 0.256 e. The largest absolute Gasteiger partial charge is 0.321 e. The summed E-state index contributed by atoms with van der Waals surface area (Å²) in [6, 6.07) is 14.8. The quantitative estimate of drug-likeness (QED) is 0.541. The number of anilines is 1. The van der Waals surface area contributed by atoms with E-state index in [0.717, 1.165) is 20.5 Å². The highest BCUT2D eigenvalue weighted by Gasteiger charge is 2.14. The van der Waals surface area contributed by atoms with Crippen molar-refractivity contribution in [3.8, 4) is 0 Å². The van der Waals surface area contributed by atoms with Crippen LogP contribution in [-0.4, -0.2) is 10.9 Å².